The summed E-state index contributed by atoms with van der Waals surface area (Å²) in [6, 6.07) is 0. The maximum absolute atomic E-state index is 13.0. The van der Waals surface area contributed by atoms with Crippen molar-refractivity contribution in [2.45, 2.75) is 348 Å². The van der Waals surface area contributed by atoms with E-state index >= 15 is 0 Å². The second-order valence-electron chi connectivity index (χ2n) is 24.0. The first kappa shape index (κ1) is 82.1. The number of phosphoric acid groups is 2. The molecule has 3 N–H and O–H groups in total. The summed E-state index contributed by atoms with van der Waals surface area (Å²) in [5, 5.41) is 10.5. The van der Waals surface area contributed by atoms with E-state index in [1.54, 1.807) is 0 Å². The fourth-order valence-electron chi connectivity index (χ4n) is 9.76. The van der Waals surface area contributed by atoms with Crippen molar-refractivity contribution in [3.63, 3.8) is 0 Å². The Hall–Kier alpha value is -1.94. The molecule has 0 saturated carbocycles. The molecule has 0 aromatic rings. The molecular formula is C65H126O17P2. The molecule has 5 atom stereocenters. The fourth-order valence-corrected chi connectivity index (χ4v) is 11.3. The Balaban J connectivity index is 5.16. The summed E-state index contributed by atoms with van der Waals surface area (Å²) in [7, 11) is -9.88. The second kappa shape index (κ2) is 58.7. The highest BCUT2D eigenvalue weighted by Crippen LogP contribution is 2.45. The number of hydrogen-bond acceptors (Lipinski definition) is 15. The molecule has 84 heavy (non-hydrogen) atoms. The Labute approximate surface area is 511 Å². The average Bonchev–Trinajstić information content (AvgIpc) is 3.46. The Kier molecular flexibility index (Phi) is 57.4. The number of unbranched alkanes of at least 4 members (excludes halogenated alkanes) is 37. The summed E-state index contributed by atoms with van der Waals surface area (Å²) in [5.41, 5.74) is 0. The van der Waals surface area contributed by atoms with E-state index in [4.69, 9.17) is 37.0 Å². The van der Waals surface area contributed by atoms with Gasteiger partial charge in [-0.3, -0.25) is 37.3 Å². The van der Waals surface area contributed by atoms with Gasteiger partial charge in [-0.05, 0) is 31.6 Å². The third-order valence-electron chi connectivity index (χ3n) is 15.0. The van der Waals surface area contributed by atoms with Gasteiger partial charge < -0.3 is 33.8 Å². The lowest BCUT2D eigenvalue weighted by atomic mass is 10.0. The van der Waals surface area contributed by atoms with Crippen molar-refractivity contribution in [2.24, 2.45) is 5.92 Å². The molecule has 0 radical (unpaired) electrons. The van der Waals surface area contributed by atoms with Gasteiger partial charge in [0, 0.05) is 25.7 Å². The monoisotopic (exact) mass is 1240 g/mol. The first-order chi connectivity index (χ1) is 40.5. The van der Waals surface area contributed by atoms with Gasteiger partial charge in [-0.1, -0.05) is 279 Å². The quantitative estimate of drug-likeness (QED) is 0.0222. The van der Waals surface area contributed by atoms with Gasteiger partial charge >= 0.3 is 39.5 Å². The van der Waals surface area contributed by atoms with Gasteiger partial charge in [-0.25, -0.2) is 9.13 Å². The predicted octanol–water partition coefficient (Wildman–Crippen LogP) is 18.2. The van der Waals surface area contributed by atoms with Crippen LogP contribution < -0.4 is 0 Å². The number of hydrogen-bond donors (Lipinski definition) is 3. The lowest BCUT2D eigenvalue weighted by molar-refractivity contribution is -0.161. The van der Waals surface area contributed by atoms with Gasteiger partial charge in [0.2, 0.25) is 0 Å². The number of esters is 4. The van der Waals surface area contributed by atoms with Crippen LogP contribution in [0, 0.1) is 5.92 Å². The smallest absolute Gasteiger partial charge is 0.462 e. The van der Waals surface area contributed by atoms with E-state index in [2.05, 4.69) is 34.6 Å². The van der Waals surface area contributed by atoms with Crippen molar-refractivity contribution in [2.75, 3.05) is 39.6 Å². The maximum atomic E-state index is 13.0. The highest BCUT2D eigenvalue weighted by molar-refractivity contribution is 7.47. The topological polar surface area (TPSA) is 237 Å². The van der Waals surface area contributed by atoms with Crippen LogP contribution in [0.3, 0.4) is 0 Å². The van der Waals surface area contributed by atoms with E-state index in [1.807, 2.05) is 0 Å². The number of aliphatic hydroxyl groups excluding tert-OH is 1. The number of aliphatic hydroxyl groups is 1. The summed E-state index contributed by atoms with van der Waals surface area (Å²) in [6.07, 6.45) is 43.3. The van der Waals surface area contributed by atoms with Crippen LogP contribution in [0.25, 0.3) is 0 Å². The zero-order valence-electron chi connectivity index (χ0n) is 54.0. The normalized spacial score (nSPS) is 14.2. The second-order valence-corrected chi connectivity index (χ2v) is 26.9. The lowest BCUT2D eigenvalue weighted by Crippen LogP contribution is -2.30. The van der Waals surface area contributed by atoms with Crippen LogP contribution in [0.5, 0.6) is 0 Å². The largest absolute Gasteiger partial charge is 0.472 e. The summed E-state index contributed by atoms with van der Waals surface area (Å²) in [6.45, 7) is 7.13. The first-order valence-electron chi connectivity index (χ1n) is 34.1. The fraction of sp³-hybridized carbons (Fsp3) is 0.938. The molecule has 498 valence electrons. The maximum Gasteiger partial charge on any atom is 0.472 e. The van der Waals surface area contributed by atoms with Gasteiger partial charge in [-0.2, -0.15) is 0 Å². The molecule has 0 aromatic carbocycles. The van der Waals surface area contributed by atoms with Crippen LogP contribution in [0.15, 0.2) is 0 Å². The molecular weight excluding hydrogens is 1110 g/mol. The van der Waals surface area contributed by atoms with E-state index < -0.39 is 97.5 Å². The summed E-state index contributed by atoms with van der Waals surface area (Å²) in [4.78, 5) is 72.0. The third-order valence-corrected chi connectivity index (χ3v) is 16.9. The summed E-state index contributed by atoms with van der Waals surface area (Å²) >= 11 is 0. The van der Waals surface area contributed by atoms with Crippen molar-refractivity contribution in [1.82, 2.24) is 0 Å². The molecule has 0 aliphatic heterocycles. The van der Waals surface area contributed by atoms with Crippen LogP contribution in [0.4, 0.5) is 0 Å². The molecule has 0 amide bonds. The molecule has 0 aromatic heterocycles. The van der Waals surface area contributed by atoms with Gasteiger partial charge in [0.1, 0.15) is 19.3 Å². The van der Waals surface area contributed by atoms with Gasteiger partial charge in [0.05, 0.1) is 26.4 Å². The van der Waals surface area contributed by atoms with Crippen LogP contribution in [-0.2, 0) is 65.4 Å². The Morgan fingerprint density at radius 2 is 0.548 bits per heavy atom. The zero-order valence-corrected chi connectivity index (χ0v) is 55.8. The molecule has 17 nitrogen and oxygen atoms in total. The lowest BCUT2D eigenvalue weighted by Gasteiger charge is -2.21. The number of carbonyl (C=O) groups excluding carboxylic acids is 4. The van der Waals surface area contributed by atoms with Crippen LogP contribution in [0.1, 0.15) is 330 Å². The van der Waals surface area contributed by atoms with E-state index in [0.717, 1.165) is 102 Å². The van der Waals surface area contributed by atoms with Crippen LogP contribution in [-0.4, -0.2) is 96.7 Å². The van der Waals surface area contributed by atoms with E-state index in [0.29, 0.717) is 25.7 Å². The van der Waals surface area contributed by atoms with Crippen LogP contribution >= 0.6 is 15.6 Å². The van der Waals surface area contributed by atoms with Crippen molar-refractivity contribution in [3.05, 3.63) is 0 Å². The standard InChI is InChI=1S/C65H126O17P2/c1-6-9-12-15-17-19-21-23-27-31-34-39-44-49-63(68)76-55-61(82-65(70)51-46-41-36-32-28-25-22-24-26-29-33-38-42-47-58(4)5)57-80-84(73,74)78-53-59(66)52-77-83(71,72)79-56-60(54-75-62(67)48-43-37-14-11-8-3)81-64(69)50-45-40-35-30-20-18-16-13-10-7-2/h58-61,66H,6-57H2,1-5H3,(H,71,72)(H,73,74)/t59-,60+,61+/m0/s1. The Morgan fingerprint density at radius 1 is 0.321 bits per heavy atom. The molecule has 0 spiro atoms. The van der Waals surface area contributed by atoms with Crippen molar-refractivity contribution < 1.29 is 80.2 Å². The van der Waals surface area contributed by atoms with Crippen LogP contribution in [0.2, 0.25) is 0 Å². The van der Waals surface area contributed by atoms with E-state index in [-0.39, 0.29) is 25.7 Å². The number of phosphoric ester groups is 2. The molecule has 2 unspecified atom stereocenters. The van der Waals surface area contributed by atoms with Gasteiger partial charge in [0.15, 0.2) is 12.2 Å². The van der Waals surface area contributed by atoms with Gasteiger partial charge in [0.25, 0.3) is 0 Å². The summed E-state index contributed by atoms with van der Waals surface area (Å²) in [5.74, 6) is -1.35. The van der Waals surface area contributed by atoms with Crippen molar-refractivity contribution in [1.29, 1.82) is 0 Å². The molecule has 0 bridgehead atoms. The minimum atomic E-state index is -4.94. The molecule has 0 rings (SSSR count). The molecule has 0 saturated heterocycles. The Morgan fingerprint density at radius 3 is 0.810 bits per heavy atom. The first-order valence-corrected chi connectivity index (χ1v) is 37.1. The van der Waals surface area contributed by atoms with Crippen molar-refractivity contribution >= 4 is 39.5 Å². The highest BCUT2D eigenvalue weighted by atomic mass is 31.2. The van der Waals surface area contributed by atoms with E-state index in [9.17, 15) is 43.2 Å². The molecule has 0 aliphatic carbocycles. The van der Waals surface area contributed by atoms with Crippen molar-refractivity contribution in [3.8, 4) is 0 Å². The number of rotatable bonds is 65. The zero-order chi connectivity index (χ0) is 62.0. The number of ether oxygens (including phenoxy) is 4. The Bertz CT molecular complexity index is 1640. The molecule has 0 fully saturated rings. The average molecular weight is 1240 g/mol. The predicted molar refractivity (Wildman–Crippen MR) is 335 cm³/mol. The van der Waals surface area contributed by atoms with E-state index in [1.165, 1.54) is 148 Å². The third kappa shape index (κ3) is 59.0. The molecule has 0 aliphatic rings. The molecule has 0 heterocycles. The highest BCUT2D eigenvalue weighted by Gasteiger charge is 2.30. The summed E-state index contributed by atoms with van der Waals surface area (Å²) < 4.78 is 67.9. The van der Waals surface area contributed by atoms with Gasteiger partial charge in [-0.15, -0.1) is 0 Å². The minimum absolute atomic E-state index is 0.106. The molecule has 19 heteroatoms. The minimum Gasteiger partial charge on any atom is -0.462 e. The number of carbonyl (C=O) groups is 4. The SMILES string of the molecule is CCCCCCCCCCCCCCCC(=O)OC[C@H](COP(=O)(O)OC[C@@H](O)COP(=O)(O)OC[C@@H](COC(=O)CCCCCCC)OC(=O)CCCCCCCCCCCC)OC(=O)CCCCCCCCCCCCCCCC(C)C.